The lowest BCUT2D eigenvalue weighted by Gasteiger charge is -1.77. The first kappa shape index (κ1) is 15.7. The van der Waals surface area contributed by atoms with Crippen LogP contribution < -0.4 is 0 Å². The molecule has 0 unspecified atom stereocenters. The van der Waals surface area contributed by atoms with E-state index in [0.717, 1.165) is 6.42 Å². The van der Waals surface area contributed by atoms with Crippen LogP contribution in [0.5, 0.6) is 0 Å². The van der Waals surface area contributed by atoms with Gasteiger partial charge >= 0.3 is 0 Å². The van der Waals surface area contributed by atoms with Crippen LogP contribution in [0.4, 0.5) is 0 Å². The first-order chi connectivity index (χ1) is 2.77. The molecular formula is C6H15ClO. The zero-order valence-corrected chi connectivity index (χ0v) is 4.46. The van der Waals surface area contributed by atoms with E-state index in [1.807, 2.05) is 6.92 Å². The summed E-state index contributed by atoms with van der Waals surface area (Å²) in [5.74, 6) is 0. The molecule has 0 aliphatic carbocycles. The molecule has 0 saturated heterocycles. The van der Waals surface area contributed by atoms with Gasteiger partial charge in [0.15, 0.2) is 0 Å². The van der Waals surface area contributed by atoms with Crippen molar-refractivity contribution in [2.45, 2.75) is 34.6 Å². The van der Waals surface area contributed by atoms with E-state index in [0.29, 0.717) is 6.42 Å². The fourth-order valence-corrected chi connectivity index (χ4v) is 0.386. The molecule has 0 radical (unpaired) electrons. The molecule has 0 bridgehead atoms. The summed E-state index contributed by atoms with van der Waals surface area (Å²) < 4.78 is 0. The molecule has 0 aromatic rings. The minimum absolute atomic E-state index is 0. The lowest BCUT2D eigenvalue weighted by molar-refractivity contribution is -0.111. The quantitative estimate of drug-likeness (QED) is 0.537. The topological polar surface area (TPSA) is 17.1 Å². The van der Waals surface area contributed by atoms with Gasteiger partial charge in [-0.2, -0.15) is 0 Å². The van der Waals surface area contributed by atoms with Crippen molar-refractivity contribution in [3.8, 4) is 0 Å². The second-order valence-corrected chi connectivity index (χ2v) is 1.53. The smallest absolute Gasteiger partial charge is 0.221 e. The Hall–Kier alpha value is -0.0400. The molecule has 2 heteroatoms. The molecule has 0 heterocycles. The third kappa shape index (κ3) is 16.7. The first-order valence-electron chi connectivity index (χ1n) is 1.95. The second-order valence-electron chi connectivity index (χ2n) is 1.11. The zero-order chi connectivity index (χ0) is 4.99. The van der Waals surface area contributed by atoms with Gasteiger partial charge in [-0.25, -0.2) is 0 Å². The summed E-state index contributed by atoms with van der Waals surface area (Å²) in [4.78, 5) is 9.81. The van der Waals surface area contributed by atoms with E-state index in [1.165, 1.54) is 0 Å². The molecule has 0 N–H and O–H groups in total. The summed E-state index contributed by atoms with van der Waals surface area (Å²) >= 11 is 4.94. The summed E-state index contributed by atoms with van der Waals surface area (Å²) in [5.41, 5.74) is 0. The van der Waals surface area contributed by atoms with Crippen molar-refractivity contribution >= 4 is 16.8 Å². The monoisotopic (exact) mass is 138 g/mol. The normalized spacial score (nSPS) is 6.25. The van der Waals surface area contributed by atoms with Crippen LogP contribution >= 0.6 is 11.6 Å². The number of hydrogen-bond acceptors (Lipinski definition) is 1. The van der Waals surface area contributed by atoms with Crippen molar-refractivity contribution < 1.29 is 4.79 Å². The minimum Gasteiger partial charge on any atom is -0.281 e. The largest absolute Gasteiger partial charge is 0.281 e. The fourth-order valence-electron chi connectivity index (χ4n) is 0.197. The van der Waals surface area contributed by atoms with Crippen molar-refractivity contribution in [3.05, 3.63) is 0 Å². The summed E-state index contributed by atoms with van der Waals surface area (Å²) in [5, 5.41) is -0.238. The van der Waals surface area contributed by atoms with Crippen LogP contribution in [0.25, 0.3) is 0 Å². The molecule has 0 saturated carbocycles. The molecule has 0 amide bonds. The molecule has 8 heavy (non-hydrogen) atoms. The Labute approximate surface area is 57.0 Å². The number of hydrogen-bond donors (Lipinski definition) is 0. The van der Waals surface area contributed by atoms with E-state index in [-0.39, 0.29) is 20.1 Å². The molecule has 0 aliphatic rings. The highest BCUT2D eigenvalue weighted by Gasteiger charge is 1.87. The summed E-state index contributed by atoms with van der Waals surface area (Å²) in [7, 11) is 0. The highest BCUT2D eigenvalue weighted by atomic mass is 35.5. The fraction of sp³-hybridized carbons (Fsp3) is 0.833. The van der Waals surface area contributed by atoms with E-state index in [1.54, 1.807) is 0 Å². The molecule has 0 aromatic heterocycles. The van der Waals surface area contributed by atoms with Crippen LogP contribution in [0, 0.1) is 0 Å². The Morgan fingerprint density at radius 3 is 1.88 bits per heavy atom. The molecule has 1 nitrogen and oxygen atoms in total. The van der Waals surface area contributed by atoms with Gasteiger partial charge in [-0.15, -0.1) is 0 Å². The van der Waals surface area contributed by atoms with E-state index >= 15 is 0 Å². The van der Waals surface area contributed by atoms with Gasteiger partial charge in [0.05, 0.1) is 0 Å². The van der Waals surface area contributed by atoms with Crippen LogP contribution in [0.1, 0.15) is 34.6 Å². The third-order valence-electron chi connectivity index (χ3n) is 0.447. The molecule has 52 valence electrons. The minimum atomic E-state index is -0.238. The first-order valence-corrected chi connectivity index (χ1v) is 2.33. The zero-order valence-electron chi connectivity index (χ0n) is 3.70. The van der Waals surface area contributed by atoms with Gasteiger partial charge in [0, 0.05) is 6.42 Å². The van der Waals surface area contributed by atoms with E-state index < -0.39 is 0 Å². The van der Waals surface area contributed by atoms with Crippen LogP contribution in [-0.2, 0) is 4.79 Å². The van der Waals surface area contributed by atoms with Crippen molar-refractivity contribution in [1.29, 1.82) is 0 Å². The predicted molar refractivity (Wildman–Crippen MR) is 39.2 cm³/mol. The maximum Gasteiger partial charge on any atom is 0.221 e. The van der Waals surface area contributed by atoms with Gasteiger partial charge in [0.2, 0.25) is 5.24 Å². The highest BCUT2D eigenvalue weighted by Crippen LogP contribution is 1.90. The molecular weight excluding hydrogens is 124 g/mol. The lowest BCUT2D eigenvalue weighted by atomic mass is 10.4. The SMILES string of the molecule is C.C.CCCC(=O)Cl. The summed E-state index contributed by atoms with van der Waals surface area (Å²) in [6, 6.07) is 0. The van der Waals surface area contributed by atoms with Gasteiger partial charge in [-0.3, -0.25) is 4.79 Å². The summed E-state index contributed by atoms with van der Waals surface area (Å²) in [6.45, 7) is 1.92. The molecule has 0 aliphatic heterocycles. The predicted octanol–water partition coefficient (Wildman–Crippen LogP) is 2.82. The summed E-state index contributed by atoms with van der Waals surface area (Å²) in [6.07, 6.45) is 1.35. The number of halogens is 1. The average molecular weight is 139 g/mol. The maximum absolute atomic E-state index is 9.81. The average Bonchev–Trinajstić information content (AvgIpc) is 1.35. The molecule has 0 spiro atoms. The highest BCUT2D eigenvalue weighted by molar-refractivity contribution is 6.63. The van der Waals surface area contributed by atoms with Crippen molar-refractivity contribution in [1.82, 2.24) is 0 Å². The van der Waals surface area contributed by atoms with E-state index in [4.69, 9.17) is 11.6 Å². The number of carbonyl (C=O) groups excluding carboxylic acids is 1. The Morgan fingerprint density at radius 1 is 1.50 bits per heavy atom. The van der Waals surface area contributed by atoms with Gasteiger partial charge < -0.3 is 0 Å². The number of carbonyl (C=O) groups is 1. The van der Waals surface area contributed by atoms with Crippen LogP contribution in [0.3, 0.4) is 0 Å². The van der Waals surface area contributed by atoms with E-state index in [9.17, 15) is 4.79 Å². The Balaban J connectivity index is -0.000000125. The van der Waals surface area contributed by atoms with Crippen molar-refractivity contribution in [2.75, 3.05) is 0 Å². The van der Waals surface area contributed by atoms with Crippen molar-refractivity contribution in [2.24, 2.45) is 0 Å². The van der Waals surface area contributed by atoms with Gasteiger partial charge in [0.1, 0.15) is 0 Å². The van der Waals surface area contributed by atoms with Crippen LogP contribution in [0.15, 0.2) is 0 Å². The van der Waals surface area contributed by atoms with Crippen molar-refractivity contribution in [3.63, 3.8) is 0 Å². The molecule has 0 aromatic carbocycles. The Bertz CT molecular complexity index is 52.5. The van der Waals surface area contributed by atoms with E-state index in [2.05, 4.69) is 0 Å². The van der Waals surface area contributed by atoms with Gasteiger partial charge in [-0.05, 0) is 18.0 Å². The molecule has 0 rings (SSSR count). The Kier molecular flexibility index (Phi) is 19.7. The number of rotatable bonds is 2. The molecule has 0 fully saturated rings. The van der Waals surface area contributed by atoms with Crippen LogP contribution in [-0.4, -0.2) is 5.24 Å². The lowest BCUT2D eigenvalue weighted by Crippen LogP contribution is -1.79. The van der Waals surface area contributed by atoms with Gasteiger partial charge in [0.25, 0.3) is 0 Å². The Morgan fingerprint density at radius 2 is 1.88 bits per heavy atom. The third-order valence-corrected chi connectivity index (χ3v) is 0.636. The maximum atomic E-state index is 9.81. The second kappa shape index (κ2) is 10.0. The van der Waals surface area contributed by atoms with Crippen LogP contribution in [0.2, 0.25) is 0 Å². The van der Waals surface area contributed by atoms with Gasteiger partial charge in [-0.1, -0.05) is 21.8 Å². The molecule has 0 atom stereocenters. The standard InChI is InChI=1S/C4H7ClO.2CH4/c1-2-3-4(5)6;;/h2-3H2,1H3;2*1H4.